The molecular weight excluding hydrogens is 187 g/mol. The summed E-state index contributed by atoms with van der Waals surface area (Å²) >= 11 is 10.2. The van der Waals surface area contributed by atoms with Crippen LogP contribution in [0.2, 0.25) is 0 Å². The Bertz CT molecular complexity index is 140. The normalized spacial score (nSPS) is 8.20. The Morgan fingerprint density at radius 3 is 1.40 bits per heavy atom. The van der Waals surface area contributed by atoms with Crippen molar-refractivity contribution in [2.75, 3.05) is 0 Å². The molecule has 0 aromatic rings. The van der Waals surface area contributed by atoms with Crippen LogP contribution in [0.1, 0.15) is 20.3 Å². The molecule has 56 valence electrons. The Labute approximate surface area is 71.4 Å². The van der Waals surface area contributed by atoms with Crippen LogP contribution >= 0.6 is 22.2 Å². The molecule has 0 rings (SSSR count). The molecule has 10 heavy (non-hydrogen) atoms. The van der Waals surface area contributed by atoms with Crippen molar-refractivity contribution in [3.8, 4) is 11.4 Å². The summed E-state index contributed by atoms with van der Waals surface area (Å²) < 4.78 is 0. The van der Waals surface area contributed by atoms with Crippen molar-refractivity contribution in [2.24, 2.45) is 0 Å². The summed E-state index contributed by atoms with van der Waals surface area (Å²) in [5.74, 6) is 0. The maximum absolute atomic E-state index is 7.92. The monoisotopic (exact) mass is 194 g/mol. The molecule has 0 aliphatic heterocycles. The van der Waals surface area contributed by atoms with Crippen molar-refractivity contribution >= 4 is 28.9 Å². The first-order valence-corrected chi connectivity index (χ1v) is 6.76. The topological polar surface area (TPSA) is 47.6 Å². The van der Waals surface area contributed by atoms with Gasteiger partial charge in [0, 0.05) is 0 Å². The van der Waals surface area contributed by atoms with Crippen LogP contribution in [-0.2, 0) is 0 Å². The summed E-state index contributed by atoms with van der Waals surface area (Å²) in [5, 5.41) is 15.8. The molecular formula is C5H8Cl2N2Si. The molecule has 0 spiro atoms. The minimum Gasteiger partial charge on any atom is -0.202 e. The molecule has 5 heteroatoms. The second-order valence-corrected chi connectivity index (χ2v) is 7.08. The van der Waals surface area contributed by atoms with Crippen molar-refractivity contribution in [2.45, 2.75) is 20.3 Å². The third-order valence-corrected chi connectivity index (χ3v) is 1.86. The van der Waals surface area contributed by atoms with Crippen LogP contribution in [0, 0.1) is 21.9 Å². The number of nitriles is 2. The zero-order chi connectivity index (χ0) is 8.62. The Morgan fingerprint density at radius 1 is 1.20 bits per heavy atom. The molecule has 0 saturated carbocycles. The van der Waals surface area contributed by atoms with Gasteiger partial charge in [-0.3, -0.25) is 0 Å². The predicted octanol–water partition coefficient (Wildman–Crippen LogP) is 2.45. The lowest BCUT2D eigenvalue weighted by Crippen LogP contribution is -2.11. The van der Waals surface area contributed by atoms with Gasteiger partial charge in [-0.15, -0.1) is 22.2 Å². The summed E-state index contributed by atoms with van der Waals surface area (Å²) in [4.78, 5) is 0. The molecule has 0 aromatic carbocycles. The van der Waals surface area contributed by atoms with Gasteiger partial charge in [0.25, 0.3) is 0 Å². The van der Waals surface area contributed by atoms with Gasteiger partial charge in [-0.1, -0.05) is 20.3 Å². The fourth-order valence-corrected chi connectivity index (χ4v) is 0.0750. The lowest BCUT2D eigenvalue weighted by atomic mass is 10.6. The zero-order valence-corrected chi connectivity index (χ0v) is 8.37. The van der Waals surface area contributed by atoms with Gasteiger partial charge in [0.05, 0.1) is 11.4 Å². The van der Waals surface area contributed by atoms with Gasteiger partial charge >= 0.3 is 6.69 Å². The van der Waals surface area contributed by atoms with Crippen molar-refractivity contribution in [1.82, 2.24) is 0 Å². The first-order valence-electron chi connectivity index (χ1n) is 2.74. The SMILES string of the molecule is CCC.N#C[Si](Cl)(Cl)C#N. The molecule has 0 unspecified atom stereocenters. The Hall–Kier alpha value is -0.223. The van der Waals surface area contributed by atoms with Crippen LogP contribution in [0.4, 0.5) is 0 Å². The summed E-state index contributed by atoms with van der Waals surface area (Å²) in [7, 11) is 0. The first kappa shape index (κ1) is 12.5. The number of hydrogen-bond acceptors (Lipinski definition) is 2. The third-order valence-electron chi connectivity index (χ3n) is 0.281. The van der Waals surface area contributed by atoms with Crippen molar-refractivity contribution in [3.05, 3.63) is 0 Å². The number of rotatable bonds is 0. The molecule has 0 fully saturated rings. The molecule has 0 atom stereocenters. The summed E-state index contributed by atoms with van der Waals surface area (Å²) in [6, 6.07) is 0. The molecule has 0 amide bonds. The zero-order valence-electron chi connectivity index (χ0n) is 5.86. The Kier molecular flexibility index (Phi) is 8.58. The van der Waals surface area contributed by atoms with Crippen LogP contribution in [0.3, 0.4) is 0 Å². The van der Waals surface area contributed by atoms with E-state index in [0.717, 1.165) is 0 Å². The largest absolute Gasteiger partial charge is 0.463 e. The second kappa shape index (κ2) is 6.89. The lowest BCUT2D eigenvalue weighted by molar-refractivity contribution is 1.09. The van der Waals surface area contributed by atoms with Gasteiger partial charge in [0.2, 0.25) is 0 Å². The van der Waals surface area contributed by atoms with Gasteiger partial charge in [-0.05, 0) is 0 Å². The van der Waals surface area contributed by atoms with E-state index in [9.17, 15) is 0 Å². The molecule has 0 heterocycles. The molecule has 0 radical (unpaired) electrons. The third kappa shape index (κ3) is 10.7. The Balaban J connectivity index is 0. The molecule has 0 aliphatic rings. The van der Waals surface area contributed by atoms with E-state index in [1.54, 1.807) is 0 Å². The van der Waals surface area contributed by atoms with E-state index in [4.69, 9.17) is 32.7 Å². The van der Waals surface area contributed by atoms with E-state index >= 15 is 0 Å². The molecule has 0 aliphatic carbocycles. The predicted molar refractivity (Wildman–Crippen MR) is 44.7 cm³/mol. The molecule has 2 nitrogen and oxygen atoms in total. The number of nitrogens with zero attached hydrogens (tertiary/aromatic N) is 2. The first-order chi connectivity index (χ1) is 4.54. The van der Waals surface area contributed by atoms with E-state index in [1.165, 1.54) is 17.8 Å². The van der Waals surface area contributed by atoms with Gasteiger partial charge < -0.3 is 0 Å². The number of halogens is 2. The van der Waals surface area contributed by atoms with E-state index < -0.39 is 6.69 Å². The molecule has 0 aromatic heterocycles. The fraction of sp³-hybridized carbons (Fsp3) is 0.600. The van der Waals surface area contributed by atoms with Gasteiger partial charge in [0.1, 0.15) is 0 Å². The Morgan fingerprint density at radius 2 is 1.40 bits per heavy atom. The minimum atomic E-state index is -3.10. The highest BCUT2D eigenvalue weighted by Gasteiger charge is 2.28. The highest BCUT2D eigenvalue weighted by atomic mass is 35.7. The van der Waals surface area contributed by atoms with Gasteiger partial charge in [-0.25, -0.2) is 10.5 Å². The smallest absolute Gasteiger partial charge is 0.202 e. The highest BCUT2D eigenvalue weighted by molar-refractivity contribution is 7.52. The van der Waals surface area contributed by atoms with E-state index in [-0.39, 0.29) is 0 Å². The van der Waals surface area contributed by atoms with E-state index in [0.29, 0.717) is 0 Å². The number of hydrogen-bond donors (Lipinski definition) is 0. The lowest BCUT2D eigenvalue weighted by Gasteiger charge is -1.85. The van der Waals surface area contributed by atoms with Crippen LogP contribution < -0.4 is 0 Å². The molecule has 0 bridgehead atoms. The average Bonchev–Trinajstić information content (AvgIpc) is 1.90. The maximum Gasteiger partial charge on any atom is 0.463 e. The summed E-state index contributed by atoms with van der Waals surface area (Å²) in [6.45, 7) is 1.15. The molecule has 0 saturated heterocycles. The second-order valence-electron chi connectivity index (χ2n) is 1.51. The summed E-state index contributed by atoms with van der Waals surface area (Å²) in [6.07, 6.45) is 1.25. The quantitative estimate of drug-likeness (QED) is 0.440. The van der Waals surface area contributed by atoms with Gasteiger partial charge in [0.15, 0.2) is 0 Å². The van der Waals surface area contributed by atoms with Crippen molar-refractivity contribution in [3.63, 3.8) is 0 Å². The van der Waals surface area contributed by atoms with Crippen LogP contribution in [-0.4, -0.2) is 6.69 Å². The van der Waals surface area contributed by atoms with Gasteiger partial charge in [-0.2, -0.15) is 0 Å². The fourth-order valence-electron chi connectivity index (χ4n) is 0.0250. The van der Waals surface area contributed by atoms with E-state index in [2.05, 4.69) is 13.8 Å². The average molecular weight is 195 g/mol. The van der Waals surface area contributed by atoms with E-state index in [1.807, 2.05) is 0 Å². The standard InChI is InChI=1S/C3H8.C2Cl2N2Si/c1-3-2;3-7(4,1-5)2-6/h3H2,1-2H3;. The van der Waals surface area contributed by atoms with Crippen molar-refractivity contribution in [1.29, 1.82) is 10.5 Å². The van der Waals surface area contributed by atoms with Crippen LogP contribution in [0.5, 0.6) is 0 Å². The minimum absolute atomic E-state index is 1.25. The van der Waals surface area contributed by atoms with Crippen LogP contribution in [0.15, 0.2) is 0 Å². The van der Waals surface area contributed by atoms with Crippen molar-refractivity contribution < 1.29 is 0 Å². The molecule has 0 N–H and O–H groups in total. The highest BCUT2D eigenvalue weighted by Crippen LogP contribution is 2.09. The maximum atomic E-state index is 7.92. The summed E-state index contributed by atoms with van der Waals surface area (Å²) in [5.41, 5.74) is 3.00. The van der Waals surface area contributed by atoms with Crippen LogP contribution in [0.25, 0.3) is 0 Å².